The summed E-state index contributed by atoms with van der Waals surface area (Å²) in [6, 6.07) is 24.2. The number of hydrogen-bond donors (Lipinski definition) is 2. The number of carbonyl (C=O) groups excluding carboxylic acids is 2. The zero-order chi connectivity index (χ0) is 21.6. The van der Waals surface area contributed by atoms with E-state index in [1.807, 2.05) is 60.7 Å². The van der Waals surface area contributed by atoms with Gasteiger partial charge in [0.2, 0.25) is 5.91 Å². The van der Waals surface area contributed by atoms with Crippen LogP contribution in [0.2, 0.25) is 0 Å². The van der Waals surface area contributed by atoms with E-state index in [-0.39, 0.29) is 36.3 Å². The molecule has 31 heavy (non-hydrogen) atoms. The van der Waals surface area contributed by atoms with Crippen LogP contribution in [-0.2, 0) is 4.79 Å². The summed E-state index contributed by atoms with van der Waals surface area (Å²) in [5.41, 5.74) is 2.26. The van der Waals surface area contributed by atoms with Gasteiger partial charge in [-0.15, -0.1) is 0 Å². The SMILES string of the molecule is O=C(Nc1ccccc1)[C@H]1CC[C@H](c2ccc(F)cc2)N(C(=O)Nc2ccccc2)C1. The molecule has 158 valence electrons. The lowest BCUT2D eigenvalue weighted by Gasteiger charge is -2.39. The molecule has 4 rings (SSSR count). The number of urea groups is 1. The molecule has 0 aliphatic carbocycles. The first-order valence-electron chi connectivity index (χ1n) is 10.3. The van der Waals surface area contributed by atoms with E-state index in [1.54, 1.807) is 17.0 Å². The molecule has 1 aliphatic heterocycles. The van der Waals surface area contributed by atoms with Gasteiger partial charge in [0.15, 0.2) is 0 Å². The molecule has 0 bridgehead atoms. The Bertz CT molecular complexity index is 1030. The summed E-state index contributed by atoms with van der Waals surface area (Å²) in [6.07, 6.45) is 1.25. The molecule has 0 radical (unpaired) electrons. The molecule has 1 fully saturated rings. The third kappa shape index (κ3) is 5.09. The molecule has 1 saturated heterocycles. The van der Waals surface area contributed by atoms with Gasteiger partial charge in [0, 0.05) is 17.9 Å². The lowest BCUT2D eigenvalue weighted by molar-refractivity contribution is -0.121. The Morgan fingerprint density at radius 1 is 0.774 bits per heavy atom. The Balaban J connectivity index is 1.53. The molecular formula is C25H24FN3O2. The molecule has 0 spiro atoms. The summed E-state index contributed by atoms with van der Waals surface area (Å²) < 4.78 is 13.4. The number of rotatable bonds is 4. The molecule has 3 aromatic carbocycles. The first kappa shape index (κ1) is 20.6. The highest BCUT2D eigenvalue weighted by Crippen LogP contribution is 2.34. The van der Waals surface area contributed by atoms with Gasteiger partial charge in [-0.2, -0.15) is 0 Å². The predicted octanol–water partition coefficient (Wildman–Crippen LogP) is 5.45. The fourth-order valence-corrected chi connectivity index (χ4v) is 3.92. The van der Waals surface area contributed by atoms with Gasteiger partial charge in [-0.25, -0.2) is 9.18 Å². The number of anilines is 2. The van der Waals surface area contributed by atoms with Crippen molar-refractivity contribution in [3.05, 3.63) is 96.3 Å². The Hall–Kier alpha value is -3.67. The lowest BCUT2D eigenvalue weighted by atomic mass is 9.88. The Morgan fingerprint density at radius 3 is 1.97 bits per heavy atom. The van der Waals surface area contributed by atoms with Crippen LogP contribution < -0.4 is 10.6 Å². The number of piperidine rings is 1. The molecule has 2 N–H and O–H groups in total. The average Bonchev–Trinajstić information content (AvgIpc) is 2.80. The van der Waals surface area contributed by atoms with Crippen LogP contribution in [-0.4, -0.2) is 23.4 Å². The normalized spacial score (nSPS) is 18.3. The number of para-hydroxylation sites is 2. The van der Waals surface area contributed by atoms with Crippen molar-refractivity contribution in [3.63, 3.8) is 0 Å². The molecule has 0 saturated carbocycles. The van der Waals surface area contributed by atoms with Crippen molar-refractivity contribution in [3.8, 4) is 0 Å². The largest absolute Gasteiger partial charge is 0.326 e. The third-order valence-electron chi connectivity index (χ3n) is 5.53. The zero-order valence-corrected chi connectivity index (χ0v) is 17.0. The molecule has 1 aliphatic rings. The van der Waals surface area contributed by atoms with Crippen molar-refractivity contribution < 1.29 is 14.0 Å². The van der Waals surface area contributed by atoms with Gasteiger partial charge in [0.1, 0.15) is 5.82 Å². The van der Waals surface area contributed by atoms with Crippen molar-refractivity contribution in [2.45, 2.75) is 18.9 Å². The quantitative estimate of drug-likeness (QED) is 0.593. The topological polar surface area (TPSA) is 61.4 Å². The molecule has 1 heterocycles. The van der Waals surface area contributed by atoms with E-state index < -0.39 is 0 Å². The number of nitrogens with zero attached hydrogens (tertiary/aromatic N) is 1. The Morgan fingerprint density at radius 2 is 1.35 bits per heavy atom. The fourth-order valence-electron chi connectivity index (χ4n) is 3.92. The van der Waals surface area contributed by atoms with Gasteiger partial charge < -0.3 is 15.5 Å². The van der Waals surface area contributed by atoms with E-state index in [4.69, 9.17) is 0 Å². The number of nitrogens with one attached hydrogen (secondary N) is 2. The number of halogens is 1. The zero-order valence-electron chi connectivity index (χ0n) is 17.0. The molecule has 6 heteroatoms. The smallest absolute Gasteiger partial charge is 0.322 e. The van der Waals surface area contributed by atoms with E-state index in [0.29, 0.717) is 18.5 Å². The van der Waals surface area contributed by atoms with Gasteiger partial charge in [-0.3, -0.25) is 4.79 Å². The van der Waals surface area contributed by atoms with Crippen LogP contribution in [0.15, 0.2) is 84.9 Å². The van der Waals surface area contributed by atoms with Gasteiger partial charge in [0.05, 0.1) is 12.0 Å². The van der Waals surface area contributed by atoms with Crippen molar-refractivity contribution in [1.29, 1.82) is 0 Å². The maximum atomic E-state index is 13.4. The van der Waals surface area contributed by atoms with Gasteiger partial charge >= 0.3 is 6.03 Å². The second-order valence-electron chi connectivity index (χ2n) is 7.65. The maximum absolute atomic E-state index is 13.4. The van der Waals surface area contributed by atoms with Gasteiger partial charge in [0.25, 0.3) is 0 Å². The summed E-state index contributed by atoms with van der Waals surface area (Å²) in [5, 5.41) is 5.85. The van der Waals surface area contributed by atoms with Gasteiger partial charge in [-0.1, -0.05) is 48.5 Å². The van der Waals surface area contributed by atoms with Crippen LogP contribution in [0.25, 0.3) is 0 Å². The number of carbonyl (C=O) groups is 2. The van der Waals surface area contributed by atoms with Crippen molar-refractivity contribution in [2.75, 3.05) is 17.2 Å². The van der Waals surface area contributed by atoms with Crippen LogP contribution in [0.5, 0.6) is 0 Å². The second kappa shape index (κ2) is 9.43. The Kier molecular flexibility index (Phi) is 6.26. The van der Waals surface area contributed by atoms with Crippen LogP contribution in [0.3, 0.4) is 0 Å². The number of amides is 3. The van der Waals surface area contributed by atoms with Crippen LogP contribution in [0.4, 0.5) is 20.6 Å². The van der Waals surface area contributed by atoms with Gasteiger partial charge in [-0.05, 0) is 54.8 Å². The summed E-state index contributed by atoms with van der Waals surface area (Å²) in [5.74, 6) is -0.764. The highest BCUT2D eigenvalue weighted by molar-refractivity contribution is 5.94. The van der Waals surface area contributed by atoms with Crippen LogP contribution >= 0.6 is 0 Å². The van der Waals surface area contributed by atoms with Crippen molar-refractivity contribution >= 4 is 23.3 Å². The minimum Gasteiger partial charge on any atom is -0.326 e. The Labute approximate surface area is 180 Å². The van der Waals surface area contributed by atoms with Crippen LogP contribution in [0, 0.1) is 11.7 Å². The number of hydrogen-bond acceptors (Lipinski definition) is 2. The highest BCUT2D eigenvalue weighted by atomic mass is 19.1. The minimum absolute atomic E-state index is 0.110. The fraction of sp³-hybridized carbons (Fsp3) is 0.200. The monoisotopic (exact) mass is 417 g/mol. The van der Waals surface area contributed by atoms with E-state index >= 15 is 0 Å². The molecule has 2 atom stereocenters. The van der Waals surface area contributed by atoms with E-state index in [0.717, 1.165) is 11.3 Å². The van der Waals surface area contributed by atoms with Crippen LogP contribution in [0.1, 0.15) is 24.4 Å². The number of benzene rings is 3. The molecule has 3 amide bonds. The van der Waals surface area contributed by atoms with Crippen molar-refractivity contribution in [2.24, 2.45) is 5.92 Å². The molecule has 0 unspecified atom stereocenters. The van der Waals surface area contributed by atoms with E-state index in [9.17, 15) is 14.0 Å². The first-order chi connectivity index (χ1) is 15.1. The minimum atomic E-state index is -0.335. The van der Waals surface area contributed by atoms with E-state index in [1.165, 1.54) is 12.1 Å². The molecule has 5 nitrogen and oxygen atoms in total. The maximum Gasteiger partial charge on any atom is 0.322 e. The third-order valence-corrected chi connectivity index (χ3v) is 5.53. The molecular weight excluding hydrogens is 393 g/mol. The lowest BCUT2D eigenvalue weighted by Crippen LogP contribution is -2.47. The summed E-state index contributed by atoms with van der Waals surface area (Å²) >= 11 is 0. The molecule has 3 aromatic rings. The standard InChI is InChI=1S/C25H24FN3O2/c26-20-14-11-18(12-15-20)23-16-13-19(24(30)27-21-7-3-1-4-8-21)17-29(23)25(31)28-22-9-5-2-6-10-22/h1-12,14-15,19,23H,13,16-17H2,(H,27,30)(H,28,31)/t19-,23+/m0/s1. The van der Waals surface area contributed by atoms with E-state index in [2.05, 4.69) is 10.6 Å². The highest BCUT2D eigenvalue weighted by Gasteiger charge is 2.35. The summed E-state index contributed by atoms with van der Waals surface area (Å²) in [4.78, 5) is 27.7. The summed E-state index contributed by atoms with van der Waals surface area (Å²) in [6.45, 7) is 0.277. The van der Waals surface area contributed by atoms with Crippen molar-refractivity contribution in [1.82, 2.24) is 4.90 Å². The predicted molar refractivity (Wildman–Crippen MR) is 119 cm³/mol. The summed E-state index contributed by atoms with van der Waals surface area (Å²) in [7, 11) is 0. The second-order valence-corrected chi connectivity index (χ2v) is 7.65. The average molecular weight is 417 g/mol. The first-order valence-corrected chi connectivity index (χ1v) is 10.3. The molecule has 0 aromatic heterocycles. The number of likely N-dealkylation sites (tertiary alicyclic amines) is 1.